The molecule has 0 spiro atoms. The predicted molar refractivity (Wildman–Crippen MR) is 110 cm³/mol. The van der Waals surface area contributed by atoms with Crippen LogP contribution < -0.4 is 10.6 Å². The number of aryl methyl sites for hydroxylation is 1. The number of carbonyl (C=O) groups excluding carboxylic acids is 1. The van der Waals surface area contributed by atoms with Crippen LogP contribution in [0.4, 0.5) is 11.5 Å². The van der Waals surface area contributed by atoms with Crippen molar-refractivity contribution in [3.63, 3.8) is 0 Å². The van der Waals surface area contributed by atoms with Crippen LogP contribution in [0.15, 0.2) is 47.5 Å². The molecule has 150 valence electrons. The number of anilines is 2. The van der Waals surface area contributed by atoms with Gasteiger partial charge in [0.2, 0.25) is 15.9 Å². The lowest BCUT2D eigenvalue weighted by Gasteiger charge is -2.25. The molecule has 28 heavy (non-hydrogen) atoms. The van der Waals surface area contributed by atoms with Crippen LogP contribution in [0.1, 0.15) is 31.7 Å². The summed E-state index contributed by atoms with van der Waals surface area (Å²) in [6, 6.07) is 10.8. The summed E-state index contributed by atoms with van der Waals surface area (Å²) in [6.45, 7) is 3.19. The van der Waals surface area contributed by atoms with Gasteiger partial charge < -0.3 is 10.6 Å². The van der Waals surface area contributed by atoms with Crippen molar-refractivity contribution in [2.45, 2.75) is 37.5 Å². The minimum Gasteiger partial charge on any atom is -0.361 e. The second-order valence-electron chi connectivity index (χ2n) is 6.76. The minimum atomic E-state index is -3.49. The van der Waals surface area contributed by atoms with E-state index >= 15 is 0 Å². The van der Waals surface area contributed by atoms with Crippen LogP contribution in [-0.4, -0.2) is 43.2 Å². The van der Waals surface area contributed by atoms with Crippen LogP contribution >= 0.6 is 0 Å². The van der Waals surface area contributed by atoms with Gasteiger partial charge in [0, 0.05) is 25.0 Å². The van der Waals surface area contributed by atoms with Gasteiger partial charge in [0.15, 0.2) is 0 Å². The molecule has 7 nitrogen and oxygen atoms in total. The number of nitrogens with one attached hydrogen (secondary N) is 2. The van der Waals surface area contributed by atoms with Gasteiger partial charge in [-0.05, 0) is 43.0 Å². The Morgan fingerprint density at radius 3 is 2.54 bits per heavy atom. The van der Waals surface area contributed by atoms with E-state index in [1.165, 1.54) is 16.6 Å². The topological polar surface area (TPSA) is 91.4 Å². The standard InChI is InChI=1S/C20H26N4O3S/c1-2-16-8-4-5-9-18(16)23-20(25)15-22-19-11-10-17(14-21-19)28(26,27)24-12-6-3-7-13-24/h4-5,8-11,14H,2-3,6-7,12-13,15H2,1H3,(H,21,22)(H,23,25). The number of pyridine rings is 1. The number of piperidine rings is 1. The lowest BCUT2D eigenvalue weighted by atomic mass is 10.1. The van der Waals surface area contributed by atoms with Crippen LogP contribution in [0.25, 0.3) is 0 Å². The van der Waals surface area contributed by atoms with E-state index in [9.17, 15) is 13.2 Å². The maximum Gasteiger partial charge on any atom is 0.244 e. The molecule has 0 aliphatic carbocycles. The van der Waals surface area contributed by atoms with E-state index in [4.69, 9.17) is 0 Å². The van der Waals surface area contributed by atoms with E-state index in [0.717, 1.165) is 36.9 Å². The van der Waals surface area contributed by atoms with Crippen LogP contribution in [0.2, 0.25) is 0 Å². The van der Waals surface area contributed by atoms with E-state index in [1.807, 2.05) is 31.2 Å². The van der Waals surface area contributed by atoms with Crippen LogP contribution in [-0.2, 0) is 21.2 Å². The van der Waals surface area contributed by atoms with Gasteiger partial charge in [-0.3, -0.25) is 4.79 Å². The molecule has 1 aromatic carbocycles. The maximum absolute atomic E-state index is 12.6. The van der Waals surface area contributed by atoms with E-state index in [-0.39, 0.29) is 17.3 Å². The molecule has 1 amide bonds. The molecule has 8 heteroatoms. The second kappa shape index (κ2) is 9.16. The molecule has 2 N–H and O–H groups in total. The first-order valence-electron chi connectivity index (χ1n) is 9.58. The first-order chi connectivity index (χ1) is 13.5. The van der Waals surface area contributed by atoms with Crippen molar-refractivity contribution in [2.75, 3.05) is 30.3 Å². The number of hydrogen-bond acceptors (Lipinski definition) is 5. The molecular weight excluding hydrogens is 376 g/mol. The van der Waals surface area contributed by atoms with Gasteiger partial charge in [-0.1, -0.05) is 31.5 Å². The van der Waals surface area contributed by atoms with E-state index in [2.05, 4.69) is 15.6 Å². The number of carbonyl (C=O) groups is 1. The number of sulfonamides is 1. The Hall–Kier alpha value is -2.45. The molecule has 0 saturated carbocycles. The van der Waals surface area contributed by atoms with Gasteiger partial charge in [-0.15, -0.1) is 0 Å². The maximum atomic E-state index is 12.6. The van der Waals surface area contributed by atoms with Crippen LogP contribution in [0, 0.1) is 0 Å². The second-order valence-corrected chi connectivity index (χ2v) is 8.69. The fourth-order valence-corrected chi connectivity index (χ4v) is 4.67. The lowest BCUT2D eigenvalue weighted by Crippen LogP contribution is -2.35. The monoisotopic (exact) mass is 402 g/mol. The van der Waals surface area contributed by atoms with Crippen molar-refractivity contribution in [3.8, 4) is 0 Å². The molecule has 0 radical (unpaired) electrons. The number of benzene rings is 1. The Kier molecular flexibility index (Phi) is 6.64. The highest BCUT2D eigenvalue weighted by molar-refractivity contribution is 7.89. The van der Waals surface area contributed by atoms with Crippen molar-refractivity contribution in [1.29, 1.82) is 0 Å². The highest BCUT2D eigenvalue weighted by atomic mass is 32.2. The molecule has 1 aliphatic rings. The summed E-state index contributed by atoms with van der Waals surface area (Å²) >= 11 is 0. The zero-order valence-electron chi connectivity index (χ0n) is 16.0. The van der Waals surface area contributed by atoms with Crippen molar-refractivity contribution in [1.82, 2.24) is 9.29 Å². The largest absolute Gasteiger partial charge is 0.361 e. The van der Waals surface area contributed by atoms with Gasteiger partial charge in [0.1, 0.15) is 10.7 Å². The Morgan fingerprint density at radius 1 is 1.11 bits per heavy atom. The average Bonchev–Trinajstić information content (AvgIpc) is 2.73. The number of amides is 1. The third-order valence-corrected chi connectivity index (χ3v) is 6.67. The Balaban J connectivity index is 1.57. The zero-order chi connectivity index (χ0) is 20.0. The Bertz CT molecular complexity index is 907. The van der Waals surface area contributed by atoms with Gasteiger partial charge >= 0.3 is 0 Å². The fourth-order valence-electron chi connectivity index (χ4n) is 3.21. The number of aromatic nitrogens is 1. The molecule has 0 atom stereocenters. The number of rotatable bonds is 7. The van der Waals surface area contributed by atoms with Crippen molar-refractivity contribution in [2.24, 2.45) is 0 Å². The summed E-state index contributed by atoms with van der Waals surface area (Å²) in [7, 11) is -3.49. The van der Waals surface area contributed by atoms with Gasteiger partial charge in [-0.25, -0.2) is 13.4 Å². The summed E-state index contributed by atoms with van der Waals surface area (Å²) < 4.78 is 26.8. The van der Waals surface area contributed by atoms with Gasteiger partial charge in [0.05, 0.1) is 6.54 Å². The van der Waals surface area contributed by atoms with Crippen LogP contribution in [0.3, 0.4) is 0 Å². The molecule has 1 aromatic heterocycles. The normalized spacial score (nSPS) is 15.2. The summed E-state index contributed by atoms with van der Waals surface area (Å²) in [5.74, 6) is 0.268. The van der Waals surface area contributed by atoms with Gasteiger partial charge in [0.25, 0.3) is 0 Å². The Labute approximate surface area is 166 Å². The lowest BCUT2D eigenvalue weighted by molar-refractivity contribution is -0.114. The minimum absolute atomic E-state index is 0.0449. The number of hydrogen-bond donors (Lipinski definition) is 2. The molecule has 1 saturated heterocycles. The smallest absolute Gasteiger partial charge is 0.244 e. The highest BCUT2D eigenvalue weighted by Crippen LogP contribution is 2.20. The van der Waals surface area contributed by atoms with E-state index in [0.29, 0.717) is 18.9 Å². The Morgan fingerprint density at radius 2 is 1.86 bits per heavy atom. The zero-order valence-corrected chi connectivity index (χ0v) is 16.8. The summed E-state index contributed by atoms with van der Waals surface area (Å²) in [5, 5.41) is 5.81. The highest BCUT2D eigenvalue weighted by Gasteiger charge is 2.26. The van der Waals surface area contributed by atoms with E-state index in [1.54, 1.807) is 6.07 Å². The summed E-state index contributed by atoms with van der Waals surface area (Å²) in [4.78, 5) is 16.5. The molecule has 1 fully saturated rings. The van der Waals surface area contributed by atoms with Crippen molar-refractivity contribution in [3.05, 3.63) is 48.2 Å². The van der Waals surface area contributed by atoms with Gasteiger partial charge in [-0.2, -0.15) is 4.31 Å². The third kappa shape index (κ3) is 4.88. The first kappa shape index (κ1) is 20.3. The molecule has 2 heterocycles. The SMILES string of the molecule is CCc1ccccc1NC(=O)CNc1ccc(S(=O)(=O)N2CCCCC2)cn1. The third-order valence-electron chi connectivity index (χ3n) is 4.79. The number of para-hydroxylation sites is 1. The first-order valence-corrected chi connectivity index (χ1v) is 11.0. The van der Waals surface area contributed by atoms with Crippen LogP contribution in [0.5, 0.6) is 0 Å². The number of nitrogens with zero attached hydrogens (tertiary/aromatic N) is 2. The summed E-state index contributed by atoms with van der Waals surface area (Å²) in [5.41, 5.74) is 1.87. The molecule has 0 bridgehead atoms. The molecule has 1 aliphatic heterocycles. The van der Waals surface area contributed by atoms with Crippen molar-refractivity contribution >= 4 is 27.4 Å². The average molecular weight is 403 g/mol. The quantitative estimate of drug-likeness (QED) is 0.743. The molecular formula is C20H26N4O3S. The predicted octanol–water partition coefficient (Wildman–Crippen LogP) is 2.87. The summed E-state index contributed by atoms with van der Waals surface area (Å²) in [6.07, 6.45) is 5.03. The van der Waals surface area contributed by atoms with Crippen molar-refractivity contribution < 1.29 is 13.2 Å². The molecule has 2 aromatic rings. The molecule has 0 unspecified atom stereocenters. The fraction of sp³-hybridized carbons (Fsp3) is 0.400. The van der Waals surface area contributed by atoms with E-state index < -0.39 is 10.0 Å². The molecule has 3 rings (SSSR count).